The third-order valence-electron chi connectivity index (χ3n) is 1.27. The standard InChI is InChI=1S/C10H14O4/c1-7(2)5-9(11)14-6-8(3)10(12)13-4/h5H,3,6H2,1-2,4H3. The number of rotatable bonds is 4. The number of methoxy groups -OCH3 is 1. The van der Waals surface area contributed by atoms with Gasteiger partial charge in [-0.2, -0.15) is 0 Å². The second-order valence-electron chi connectivity index (χ2n) is 2.92. The van der Waals surface area contributed by atoms with Crippen molar-refractivity contribution >= 4 is 11.9 Å². The van der Waals surface area contributed by atoms with E-state index in [1.54, 1.807) is 13.8 Å². The fourth-order valence-electron chi connectivity index (χ4n) is 0.639. The van der Waals surface area contributed by atoms with Gasteiger partial charge in [-0.25, -0.2) is 9.59 Å². The van der Waals surface area contributed by atoms with Crippen LogP contribution in [0.15, 0.2) is 23.8 Å². The molecular weight excluding hydrogens is 184 g/mol. The molecule has 0 fully saturated rings. The first kappa shape index (κ1) is 12.4. The molecule has 0 bridgehead atoms. The normalized spacial score (nSPS) is 8.79. The predicted molar refractivity (Wildman–Crippen MR) is 51.5 cm³/mol. The zero-order chi connectivity index (χ0) is 11.1. The Morgan fingerprint density at radius 1 is 1.36 bits per heavy atom. The van der Waals surface area contributed by atoms with E-state index in [0.29, 0.717) is 0 Å². The van der Waals surface area contributed by atoms with Crippen molar-refractivity contribution in [2.24, 2.45) is 0 Å². The lowest BCUT2D eigenvalue weighted by Gasteiger charge is -2.03. The van der Waals surface area contributed by atoms with Gasteiger partial charge in [-0.15, -0.1) is 0 Å². The summed E-state index contributed by atoms with van der Waals surface area (Å²) in [6.45, 7) is 6.81. The van der Waals surface area contributed by atoms with Crippen molar-refractivity contribution in [2.75, 3.05) is 13.7 Å². The lowest BCUT2D eigenvalue weighted by Crippen LogP contribution is -2.12. The van der Waals surface area contributed by atoms with Crippen LogP contribution in [0, 0.1) is 0 Å². The van der Waals surface area contributed by atoms with Crippen LogP contribution in [0.2, 0.25) is 0 Å². The van der Waals surface area contributed by atoms with Gasteiger partial charge < -0.3 is 9.47 Å². The van der Waals surface area contributed by atoms with Crippen LogP contribution >= 0.6 is 0 Å². The Hall–Kier alpha value is -1.58. The van der Waals surface area contributed by atoms with E-state index in [4.69, 9.17) is 4.74 Å². The highest BCUT2D eigenvalue weighted by atomic mass is 16.5. The lowest BCUT2D eigenvalue weighted by atomic mass is 10.3. The van der Waals surface area contributed by atoms with Crippen LogP contribution in [0.3, 0.4) is 0 Å². The van der Waals surface area contributed by atoms with Gasteiger partial charge in [0.05, 0.1) is 12.7 Å². The highest BCUT2D eigenvalue weighted by Crippen LogP contribution is 1.97. The first-order valence-corrected chi connectivity index (χ1v) is 4.05. The topological polar surface area (TPSA) is 52.6 Å². The van der Waals surface area contributed by atoms with Crippen LogP contribution in [-0.2, 0) is 19.1 Å². The molecule has 0 aliphatic heterocycles. The van der Waals surface area contributed by atoms with E-state index in [1.807, 2.05) is 0 Å². The van der Waals surface area contributed by atoms with Crippen molar-refractivity contribution in [3.63, 3.8) is 0 Å². The molecule has 0 aromatic heterocycles. The number of carbonyl (C=O) groups excluding carboxylic acids is 2. The summed E-state index contributed by atoms with van der Waals surface area (Å²) in [6, 6.07) is 0. The summed E-state index contributed by atoms with van der Waals surface area (Å²) >= 11 is 0. The van der Waals surface area contributed by atoms with Crippen molar-refractivity contribution in [1.82, 2.24) is 0 Å². The van der Waals surface area contributed by atoms with Gasteiger partial charge in [0.25, 0.3) is 0 Å². The van der Waals surface area contributed by atoms with Gasteiger partial charge in [-0.1, -0.05) is 12.2 Å². The van der Waals surface area contributed by atoms with Crippen LogP contribution in [0.4, 0.5) is 0 Å². The molecule has 0 aromatic rings. The van der Waals surface area contributed by atoms with Gasteiger partial charge in [0, 0.05) is 6.08 Å². The smallest absolute Gasteiger partial charge is 0.336 e. The minimum Gasteiger partial charge on any atom is -0.466 e. The Morgan fingerprint density at radius 2 is 1.93 bits per heavy atom. The Labute approximate surface area is 83.2 Å². The Morgan fingerprint density at radius 3 is 2.36 bits per heavy atom. The molecule has 4 heteroatoms. The van der Waals surface area contributed by atoms with Crippen LogP contribution in [0.5, 0.6) is 0 Å². The molecule has 0 heterocycles. The summed E-state index contributed by atoms with van der Waals surface area (Å²) in [7, 11) is 1.24. The third-order valence-corrected chi connectivity index (χ3v) is 1.27. The highest BCUT2D eigenvalue weighted by Gasteiger charge is 2.08. The molecule has 0 aliphatic rings. The molecule has 4 nitrogen and oxygen atoms in total. The first-order chi connectivity index (χ1) is 6.47. The summed E-state index contributed by atoms with van der Waals surface area (Å²) < 4.78 is 9.10. The van der Waals surface area contributed by atoms with Crippen molar-refractivity contribution < 1.29 is 19.1 Å². The predicted octanol–water partition coefficient (Wildman–Crippen LogP) is 1.22. The van der Waals surface area contributed by atoms with E-state index in [1.165, 1.54) is 13.2 Å². The molecule has 0 aromatic carbocycles. The minimum atomic E-state index is -0.574. The minimum absolute atomic E-state index is 0.114. The van der Waals surface area contributed by atoms with Gasteiger partial charge in [-0.3, -0.25) is 0 Å². The van der Waals surface area contributed by atoms with Gasteiger partial charge >= 0.3 is 11.9 Å². The molecule has 78 valence electrons. The van der Waals surface area contributed by atoms with Crippen LogP contribution in [-0.4, -0.2) is 25.7 Å². The molecule has 0 spiro atoms. The summed E-state index contributed by atoms with van der Waals surface area (Å²) in [5.74, 6) is -1.06. The van der Waals surface area contributed by atoms with E-state index in [2.05, 4.69) is 11.3 Å². The van der Waals surface area contributed by atoms with E-state index < -0.39 is 11.9 Å². The monoisotopic (exact) mass is 198 g/mol. The average molecular weight is 198 g/mol. The molecule has 0 rings (SSSR count). The van der Waals surface area contributed by atoms with Crippen LogP contribution in [0.25, 0.3) is 0 Å². The van der Waals surface area contributed by atoms with Gasteiger partial charge in [0.2, 0.25) is 0 Å². The highest BCUT2D eigenvalue weighted by molar-refractivity contribution is 5.89. The van der Waals surface area contributed by atoms with Crippen molar-refractivity contribution in [3.8, 4) is 0 Å². The largest absolute Gasteiger partial charge is 0.466 e. The first-order valence-electron chi connectivity index (χ1n) is 4.05. The van der Waals surface area contributed by atoms with Gasteiger partial charge in [0.15, 0.2) is 0 Å². The fourth-order valence-corrected chi connectivity index (χ4v) is 0.639. The average Bonchev–Trinajstić information content (AvgIpc) is 2.11. The van der Waals surface area contributed by atoms with Crippen molar-refractivity contribution in [2.45, 2.75) is 13.8 Å². The Balaban J connectivity index is 3.96. The number of allylic oxidation sites excluding steroid dienone is 1. The second-order valence-corrected chi connectivity index (χ2v) is 2.92. The maximum absolute atomic E-state index is 11.0. The number of esters is 2. The molecule has 0 radical (unpaired) electrons. The van der Waals surface area contributed by atoms with Gasteiger partial charge in [0.1, 0.15) is 6.61 Å². The Bertz CT molecular complexity index is 272. The molecule has 0 amide bonds. The summed E-state index contributed by atoms with van der Waals surface area (Å²) in [4.78, 5) is 21.8. The molecule has 0 aliphatic carbocycles. The molecule has 0 atom stereocenters. The number of hydrogen-bond donors (Lipinski definition) is 0. The molecule has 0 saturated heterocycles. The molecular formula is C10H14O4. The second kappa shape index (κ2) is 5.96. The van der Waals surface area contributed by atoms with E-state index >= 15 is 0 Å². The maximum Gasteiger partial charge on any atom is 0.336 e. The summed E-state index contributed by atoms with van der Waals surface area (Å²) in [5, 5.41) is 0. The quantitative estimate of drug-likeness (QED) is 0.503. The van der Waals surface area contributed by atoms with Crippen LogP contribution in [0.1, 0.15) is 13.8 Å². The molecule has 0 unspecified atom stereocenters. The number of ether oxygens (including phenoxy) is 2. The maximum atomic E-state index is 11.0. The van der Waals surface area contributed by atoms with Crippen molar-refractivity contribution in [3.05, 3.63) is 23.8 Å². The molecule has 0 saturated carbocycles. The zero-order valence-corrected chi connectivity index (χ0v) is 8.62. The summed E-state index contributed by atoms with van der Waals surface area (Å²) in [6.07, 6.45) is 1.34. The number of carbonyl (C=O) groups is 2. The fraction of sp³-hybridized carbons (Fsp3) is 0.400. The Kier molecular flexibility index (Phi) is 5.29. The van der Waals surface area contributed by atoms with E-state index in [9.17, 15) is 9.59 Å². The van der Waals surface area contributed by atoms with Gasteiger partial charge in [-0.05, 0) is 13.8 Å². The van der Waals surface area contributed by atoms with E-state index in [-0.39, 0.29) is 12.2 Å². The zero-order valence-electron chi connectivity index (χ0n) is 8.62. The molecule has 14 heavy (non-hydrogen) atoms. The number of hydrogen-bond acceptors (Lipinski definition) is 4. The lowest BCUT2D eigenvalue weighted by molar-refractivity contribution is -0.140. The SMILES string of the molecule is C=C(COC(=O)C=C(C)C)C(=O)OC. The van der Waals surface area contributed by atoms with E-state index in [0.717, 1.165) is 5.57 Å². The summed E-state index contributed by atoms with van der Waals surface area (Å²) in [5.41, 5.74) is 0.946. The third kappa shape index (κ3) is 5.13. The molecule has 0 N–H and O–H groups in total. The van der Waals surface area contributed by atoms with Crippen LogP contribution < -0.4 is 0 Å². The van der Waals surface area contributed by atoms with Crippen molar-refractivity contribution in [1.29, 1.82) is 0 Å².